The van der Waals surface area contributed by atoms with Crippen molar-refractivity contribution in [2.24, 2.45) is 5.92 Å². The van der Waals surface area contributed by atoms with E-state index in [-0.39, 0.29) is 12.0 Å². The Morgan fingerprint density at radius 3 is 2.56 bits per heavy atom. The van der Waals surface area contributed by atoms with E-state index in [1.54, 1.807) is 0 Å². The molecule has 0 rings (SSSR count). The second kappa shape index (κ2) is 4.77. The van der Waals surface area contributed by atoms with E-state index in [9.17, 15) is 0 Å². The van der Waals surface area contributed by atoms with Gasteiger partial charge in [0.15, 0.2) is 0 Å². The zero-order chi connectivity index (χ0) is 7.28. The molecule has 0 bridgehead atoms. The van der Waals surface area contributed by atoms with Crippen LogP contribution in [0.2, 0.25) is 0 Å². The van der Waals surface area contributed by atoms with Gasteiger partial charge in [-0.3, -0.25) is 0 Å². The summed E-state index contributed by atoms with van der Waals surface area (Å²) >= 11 is 0. The summed E-state index contributed by atoms with van der Waals surface area (Å²) in [5.74, 6) is 0.115. The smallest absolute Gasteiger partial charge is 0.0690 e. The molecule has 0 spiro atoms. The molecule has 2 nitrogen and oxygen atoms in total. The highest BCUT2D eigenvalue weighted by Gasteiger charge is 2.06. The van der Waals surface area contributed by atoms with E-state index >= 15 is 0 Å². The average Bonchev–Trinajstić information content (AvgIpc) is 1.82. The molecule has 0 fully saturated rings. The van der Waals surface area contributed by atoms with Crippen LogP contribution < -0.4 is 5.32 Å². The highest BCUT2D eigenvalue weighted by atomic mass is 16.3. The lowest BCUT2D eigenvalue weighted by Crippen LogP contribution is -2.30. The maximum absolute atomic E-state index is 9.13. The standard InChI is InChI=1S/C7H16NO/c1-4-8-5-7(9)6(2)3/h6-9H,2,4-5H2,1,3H3. The molecule has 2 unspecified atom stereocenters. The molecule has 0 aliphatic rings. The Hall–Kier alpha value is -0.0800. The molecular weight excluding hydrogens is 114 g/mol. The first-order valence-corrected chi connectivity index (χ1v) is 3.40. The highest BCUT2D eigenvalue weighted by Crippen LogP contribution is 1.97. The van der Waals surface area contributed by atoms with Gasteiger partial charge >= 0.3 is 0 Å². The molecule has 0 aliphatic carbocycles. The van der Waals surface area contributed by atoms with Gasteiger partial charge in [0.05, 0.1) is 6.10 Å². The van der Waals surface area contributed by atoms with Crippen molar-refractivity contribution in [3.63, 3.8) is 0 Å². The van der Waals surface area contributed by atoms with E-state index in [2.05, 4.69) is 12.2 Å². The largest absolute Gasteiger partial charge is 0.392 e. The Kier molecular flexibility index (Phi) is 4.72. The van der Waals surface area contributed by atoms with Crippen molar-refractivity contribution in [3.8, 4) is 0 Å². The molecule has 1 radical (unpaired) electrons. The maximum Gasteiger partial charge on any atom is 0.0690 e. The van der Waals surface area contributed by atoms with Crippen LogP contribution in [0.5, 0.6) is 0 Å². The molecule has 2 atom stereocenters. The second-order valence-corrected chi connectivity index (χ2v) is 2.35. The first kappa shape index (κ1) is 8.92. The molecule has 0 aromatic rings. The Balaban J connectivity index is 3.16. The minimum atomic E-state index is -0.301. The van der Waals surface area contributed by atoms with Gasteiger partial charge in [-0.2, -0.15) is 0 Å². The highest BCUT2D eigenvalue weighted by molar-refractivity contribution is 4.67. The van der Waals surface area contributed by atoms with Gasteiger partial charge < -0.3 is 10.4 Å². The lowest BCUT2D eigenvalue weighted by molar-refractivity contribution is 0.135. The SMILES string of the molecule is [CH2]C(C)C(O)CNCC. The van der Waals surface area contributed by atoms with Crippen LogP contribution in [0.1, 0.15) is 13.8 Å². The minimum absolute atomic E-state index is 0.115. The third-order valence-corrected chi connectivity index (χ3v) is 1.26. The summed E-state index contributed by atoms with van der Waals surface area (Å²) in [4.78, 5) is 0. The Labute approximate surface area is 57.3 Å². The van der Waals surface area contributed by atoms with Gasteiger partial charge in [-0.15, -0.1) is 0 Å². The molecule has 0 amide bonds. The van der Waals surface area contributed by atoms with Crippen LogP contribution in [-0.2, 0) is 0 Å². The lowest BCUT2D eigenvalue weighted by Gasteiger charge is -2.13. The van der Waals surface area contributed by atoms with Crippen LogP contribution in [0, 0.1) is 12.8 Å². The average molecular weight is 130 g/mol. The predicted molar refractivity (Wildman–Crippen MR) is 39.1 cm³/mol. The molecule has 0 aliphatic heterocycles. The van der Waals surface area contributed by atoms with Crippen molar-refractivity contribution < 1.29 is 5.11 Å². The van der Waals surface area contributed by atoms with Crippen LogP contribution in [0.25, 0.3) is 0 Å². The van der Waals surface area contributed by atoms with E-state index in [4.69, 9.17) is 5.11 Å². The van der Waals surface area contributed by atoms with Gasteiger partial charge in [0.2, 0.25) is 0 Å². The molecule has 0 aromatic heterocycles. The summed E-state index contributed by atoms with van der Waals surface area (Å²) in [6, 6.07) is 0. The third-order valence-electron chi connectivity index (χ3n) is 1.26. The van der Waals surface area contributed by atoms with Crippen molar-refractivity contribution in [2.45, 2.75) is 20.0 Å². The fourth-order valence-corrected chi connectivity index (χ4v) is 0.493. The Bertz CT molecular complexity index is 63.9. The van der Waals surface area contributed by atoms with Gasteiger partial charge in [-0.1, -0.05) is 13.8 Å². The zero-order valence-corrected chi connectivity index (χ0v) is 6.22. The first-order chi connectivity index (χ1) is 4.18. The molecule has 55 valence electrons. The first-order valence-electron chi connectivity index (χ1n) is 3.40. The maximum atomic E-state index is 9.13. The fourth-order valence-electron chi connectivity index (χ4n) is 0.493. The monoisotopic (exact) mass is 130 g/mol. The summed E-state index contributed by atoms with van der Waals surface area (Å²) in [7, 11) is 0. The van der Waals surface area contributed by atoms with Gasteiger partial charge in [-0.05, 0) is 19.4 Å². The number of aliphatic hydroxyl groups is 1. The summed E-state index contributed by atoms with van der Waals surface area (Å²) < 4.78 is 0. The predicted octanol–water partition coefficient (Wildman–Crippen LogP) is 0.427. The normalized spacial score (nSPS) is 14.3. The van der Waals surface area contributed by atoms with Gasteiger partial charge in [0.1, 0.15) is 0 Å². The molecule has 2 heteroatoms. The molecular formula is C7H16NO. The van der Waals surface area contributed by atoms with E-state index in [0.717, 1.165) is 6.54 Å². The number of aliphatic hydroxyl groups excluding tert-OH is 1. The molecule has 9 heavy (non-hydrogen) atoms. The Morgan fingerprint density at radius 2 is 2.22 bits per heavy atom. The van der Waals surface area contributed by atoms with Crippen LogP contribution in [0.3, 0.4) is 0 Å². The van der Waals surface area contributed by atoms with Crippen LogP contribution in [-0.4, -0.2) is 24.3 Å². The van der Waals surface area contributed by atoms with E-state index in [0.29, 0.717) is 6.54 Å². The molecule has 0 aromatic carbocycles. The molecule has 0 saturated heterocycles. The minimum Gasteiger partial charge on any atom is -0.392 e. The van der Waals surface area contributed by atoms with Gasteiger partial charge in [0.25, 0.3) is 0 Å². The van der Waals surface area contributed by atoms with Crippen LogP contribution >= 0.6 is 0 Å². The summed E-state index contributed by atoms with van der Waals surface area (Å²) in [5, 5.41) is 12.2. The van der Waals surface area contributed by atoms with E-state index in [1.807, 2.05) is 13.8 Å². The number of hydrogen-bond acceptors (Lipinski definition) is 2. The quantitative estimate of drug-likeness (QED) is 0.578. The fraction of sp³-hybridized carbons (Fsp3) is 0.857. The second-order valence-electron chi connectivity index (χ2n) is 2.35. The van der Waals surface area contributed by atoms with E-state index < -0.39 is 0 Å². The van der Waals surface area contributed by atoms with Crippen LogP contribution in [0.15, 0.2) is 0 Å². The molecule has 0 saturated carbocycles. The molecule has 2 N–H and O–H groups in total. The van der Waals surface area contributed by atoms with Crippen molar-refractivity contribution in [3.05, 3.63) is 6.92 Å². The number of rotatable bonds is 4. The summed E-state index contributed by atoms with van der Waals surface area (Å²) in [6.45, 7) is 9.18. The zero-order valence-electron chi connectivity index (χ0n) is 6.22. The summed E-state index contributed by atoms with van der Waals surface area (Å²) in [6.07, 6.45) is -0.301. The molecule has 0 heterocycles. The number of hydrogen-bond donors (Lipinski definition) is 2. The Morgan fingerprint density at radius 1 is 1.67 bits per heavy atom. The number of nitrogens with one attached hydrogen (secondary N) is 1. The van der Waals surface area contributed by atoms with Gasteiger partial charge in [0, 0.05) is 6.54 Å². The van der Waals surface area contributed by atoms with Gasteiger partial charge in [-0.25, -0.2) is 0 Å². The number of likely N-dealkylation sites (N-methyl/N-ethyl adjacent to an activating group) is 1. The third kappa shape index (κ3) is 4.43. The van der Waals surface area contributed by atoms with Crippen molar-refractivity contribution in [1.82, 2.24) is 5.32 Å². The topological polar surface area (TPSA) is 32.3 Å². The van der Waals surface area contributed by atoms with Crippen molar-refractivity contribution >= 4 is 0 Å². The van der Waals surface area contributed by atoms with Crippen molar-refractivity contribution in [2.75, 3.05) is 13.1 Å². The van der Waals surface area contributed by atoms with Crippen molar-refractivity contribution in [1.29, 1.82) is 0 Å². The lowest BCUT2D eigenvalue weighted by atomic mass is 10.1. The van der Waals surface area contributed by atoms with E-state index in [1.165, 1.54) is 0 Å². The van der Waals surface area contributed by atoms with Crippen LogP contribution in [0.4, 0.5) is 0 Å². The summed E-state index contributed by atoms with van der Waals surface area (Å²) in [5.41, 5.74) is 0.